The molecule has 0 saturated heterocycles. The minimum Gasteiger partial charge on any atom is -0.497 e. The molecule has 0 radical (unpaired) electrons. The molecule has 2 aromatic heterocycles. The van der Waals surface area contributed by atoms with Gasteiger partial charge < -0.3 is 25.1 Å². The minimum atomic E-state index is -0.337. The molecule has 0 aliphatic heterocycles. The van der Waals surface area contributed by atoms with Gasteiger partial charge in [-0.25, -0.2) is 4.98 Å². The normalized spacial score (nSPS) is 14.8. The molecular formula is C29H36ClN5O3. The van der Waals surface area contributed by atoms with Crippen LogP contribution in [0.2, 0.25) is 5.15 Å². The Bertz CT molecular complexity index is 1300. The van der Waals surface area contributed by atoms with E-state index in [0.29, 0.717) is 29.6 Å². The number of nitrogens with one attached hydrogen (secondary N) is 1. The first-order chi connectivity index (χ1) is 18.3. The SMILES string of the molecule is C=C(/C=C/Cn1cc(CCc2ccc(CN[C@@H](C)C(=O)OC3CCCC3)cc2)c2c(Cl)nc(N)nc21)OC. The predicted molar refractivity (Wildman–Crippen MR) is 151 cm³/mol. The number of hydrogen-bond acceptors (Lipinski definition) is 7. The Morgan fingerprint density at radius 2 is 1.95 bits per heavy atom. The number of nitrogen functional groups attached to an aromatic ring is 1. The maximum absolute atomic E-state index is 12.3. The van der Waals surface area contributed by atoms with Crippen LogP contribution in [-0.2, 0) is 40.2 Å². The van der Waals surface area contributed by atoms with Crippen molar-refractivity contribution in [3.63, 3.8) is 0 Å². The third-order valence-corrected chi connectivity index (χ3v) is 7.17. The van der Waals surface area contributed by atoms with Crippen molar-refractivity contribution in [2.75, 3.05) is 12.8 Å². The van der Waals surface area contributed by atoms with E-state index in [1.807, 2.05) is 23.6 Å². The van der Waals surface area contributed by atoms with Crippen molar-refractivity contribution in [2.24, 2.45) is 0 Å². The molecule has 1 atom stereocenters. The van der Waals surface area contributed by atoms with Gasteiger partial charge in [0.05, 0.1) is 12.5 Å². The summed E-state index contributed by atoms with van der Waals surface area (Å²) in [5.41, 5.74) is 9.95. The number of esters is 1. The van der Waals surface area contributed by atoms with E-state index in [9.17, 15) is 4.79 Å². The fourth-order valence-electron chi connectivity index (χ4n) is 4.66. The van der Waals surface area contributed by atoms with Crippen LogP contribution >= 0.6 is 11.6 Å². The molecule has 2 heterocycles. The number of hydrogen-bond donors (Lipinski definition) is 2. The molecule has 3 aromatic rings. The molecule has 1 aromatic carbocycles. The molecule has 1 saturated carbocycles. The van der Waals surface area contributed by atoms with Crippen molar-refractivity contribution in [1.29, 1.82) is 0 Å². The second-order valence-corrected chi connectivity index (χ2v) is 10.1. The second kappa shape index (κ2) is 12.9. The van der Waals surface area contributed by atoms with Gasteiger partial charge in [0, 0.05) is 19.3 Å². The standard InChI is InChI=1S/C29H36ClN5O3/c1-19(37-3)7-6-16-35-18-23(25-26(30)33-29(31)34-27(25)35)15-14-21-10-12-22(13-11-21)17-32-20(2)28(36)38-24-8-4-5-9-24/h6-7,10-13,18,20,24,32H,1,4-5,8-9,14-17H2,2-3H3,(H2,31,33,34)/b7-6+/t20-/m0/s1. The Hall–Kier alpha value is -3.36. The zero-order valence-electron chi connectivity index (χ0n) is 22.1. The third-order valence-electron chi connectivity index (χ3n) is 6.89. The Labute approximate surface area is 228 Å². The maximum atomic E-state index is 12.3. The highest BCUT2D eigenvalue weighted by atomic mass is 35.5. The first-order valence-corrected chi connectivity index (χ1v) is 13.4. The molecule has 9 heteroatoms. The van der Waals surface area contributed by atoms with E-state index < -0.39 is 0 Å². The number of benzene rings is 1. The van der Waals surface area contributed by atoms with E-state index in [2.05, 4.69) is 52.3 Å². The largest absolute Gasteiger partial charge is 0.497 e. The zero-order valence-corrected chi connectivity index (χ0v) is 22.8. The van der Waals surface area contributed by atoms with Crippen molar-refractivity contribution < 1.29 is 14.3 Å². The molecule has 8 nitrogen and oxygen atoms in total. The van der Waals surface area contributed by atoms with Crippen molar-refractivity contribution in [1.82, 2.24) is 19.9 Å². The summed E-state index contributed by atoms with van der Waals surface area (Å²) in [4.78, 5) is 20.9. The third kappa shape index (κ3) is 7.14. The van der Waals surface area contributed by atoms with Gasteiger partial charge in [0.25, 0.3) is 0 Å². The molecule has 202 valence electrons. The van der Waals surface area contributed by atoms with Gasteiger partial charge in [-0.3, -0.25) is 4.79 Å². The monoisotopic (exact) mass is 537 g/mol. The number of carbonyl (C=O) groups is 1. The van der Waals surface area contributed by atoms with Crippen molar-refractivity contribution in [3.8, 4) is 0 Å². The first kappa shape index (κ1) is 27.7. The lowest BCUT2D eigenvalue weighted by molar-refractivity contribution is -0.150. The summed E-state index contributed by atoms with van der Waals surface area (Å²) in [6.45, 7) is 6.83. The van der Waals surface area contributed by atoms with Gasteiger partial charge >= 0.3 is 5.97 Å². The number of carbonyl (C=O) groups excluding carboxylic acids is 1. The van der Waals surface area contributed by atoms with E-state index in [1.54, 1.807) is 7.11 Å². The van der Waals surface area contributed by atoms with Crippen LogP contribution in [0, 0.1) is 0 Å². The molecular weight excluding hydrogens is 502 g/mol. The van der Waals surface area contributed by atoms with E-state index in [4.69, 9.17) is 26.8 Å². The lowest BCUT2D eigenvalue weighted by Gasteiger charge is -2.17. The van der Waals surface area contributed by atoms with E-state index in [1.165, 1.54) is 5.56 Å². The highest BCUT2D eigenvalue weighted by molar-refractivity contribution is 6.34. The smallest absolute Gasteiger partial charge is 0.323 e. The number of rotatable bonds is 12. The van der Waals surface area contributed by atoms with Crippen LogP contribution in [0.3, 0.4) is 0 Å². The number of aryl methyl sites for hydroxylation is 2. The molecule has 1 aliphatic carbocycles. The van der Waals surface area contributed by atoms with Crippen molar-refractivity contribution in [2.45, 2.75) is 70.7 Å². The topological polar surface area (TPSA) is 104 Å². The number of ether oxygens (including phenoxy) is 2. The van der Waals surface area contributed by atoms with Crippen LogP contribution in [0.25, 0.3) is 11.0 Å². The summed E-state index contributed by atoms with van der Waals surface area (Å²) in [7, 11) is 1.58. The van der Waals surface area contributed by atoms with Crippen LogP contribution < -0.4 is 11.1 Å². The molecule has 0 spiro atoms. The van der Waals surface area contributed by atoms with Gasteiger partial charge in [-0.15, -0.1) is 0 Å². The summed E-state index contributed by atoms with van der Waals surface area (Å²) >= 11 is 6.48. The molecule has 0 unspecified atom stereocenters. The van der Waals surface area contributed by atoms with Crippen molar-refractivity contribution >= 4 is 34.6 Å². The molecule has 1 fully saturated rings. The number of fused-ring (bicyclic) bond motifs is 1. The predicted octanol–water partition coefficient (Wildman–Crippen LogP) is 5.13. The van der Waals surface area contributed by atoms with Gasteiger partial charge in [-0.05, 0) is 68.2 Å². The van der Waals surface area contributed by atoms with Gasteiger partial charge in [0.2, 0.25) is 5.95 Å². The summed E-state index contributed by atoms with van der Waals surface area (Å²) in [6, 6.07) is 8.08. The molecule has 1 aliphatic rings. The van der Waals surface area contributed by atoms with Gasteiger partial charge in [0.15, 0.2) is 0 Å². The summed E-state index contributed by atoms with van der Waals surface area (Å²) < 4.78 is 12.7. The zero-order chi connectivity index (χ0) is 27.1. The highest BCUT2D eigenvalue weighted by Gasteiger charge is 2.22. The first-order valence-electron chi connectivity index (χ1n) is 13.1. The average molecular weight is 538 g/mol. The number of nitrogens with zero attached hydrogens (tertiary/aromatic N) is 3. The van der Waals surface area contributed by atoms with Crippen LogP contribution in [0.4, 0.5) is 5.95 Å². The van der Waals surface area contributed by atoms with Crippen LogP contribution in [0.15, 0.2) is 55.0 Å². The summed E-state index contributed by atoms with van der Waals surface area (Å²) in [5.74, 6) is 0.547. The Kier molecular flexibility index (Phi) is 9.42. The Balaban J connectivity index is 1.36. The summed E-state index contributed by atoms with van der Waals surface area (Å²) in [5, 5.41) is 4.45. The van der Waals surface area contributed by atoms with Crippen molar-refractivity contribution in [3.05, 3.63) is 76.8 Å². The number of halogens is 1. The van der Waals surface area contributed by atoms with Crippen LogP contribution in [0.1, 0.15) is 49.3 Å². The molecule has 38 heavy (non-hydrogen) atoms. The fraction of sp³-hybridized carbons (Fsp3) is 0.414. The fourth-order valence-corrected chi connectivity index (χ4v) is 4.95. The minimum absolute atomic E-state index is 0.0889. The number of aromatic nitrogens is 3. The number of anilines is 1. The Morgan fingerprint density at radius 3 is 2.66 bits per heavy atom. The highest BCUT2D eigenvalue weighted by Crippen LogP contribution is 2.28. The van der Waals surface area contributed by atoms with E-state index >= 15 is 0 Å². The lowest BCUT2D eigenvalue weighted by Crippen LogP contribution is -2.36. The van der Waals surface area contributed by atoms with Gasteiger partial charge in [-0.2, -0.15) is 4.98 Å². The average Bonchev–Trinajstić information content (AvgIpc) is 3.54. The number of methoxy groups -OCH3 is 1. The quantitative estimate of drug-likeness (QED) is 0.143. The number of nitrogens with two attached hydrogens (primary N) is 1. The van der Waals surface area contributed by atoms with Crippen LogP contribution in [-0.4, -0.2) is 39.8 Å². The number of allylic oxidation sites excluding steroid dienone is 2. The van der Waals surface area contributed by atoms with Gasteiger partial charge in [-0.1, -0.05) is 48.5 Å². The van der Waals surface area contributed by atoms with E-state index in [-0.39, 0.29) is 24.1 Å². The molecule has 4 rings (SSSR count). The van der Waals surface area contributed by atoms with E-state index in [0.717, 1.165) is 55.0 Å². The molecule has 0 amide bonds. The summed E-state index contributed by atoms with van der Waals surface area (Å²) in [6.07, 6.45) is 11.8. The molecule has 3 N–H and O–H groups in total. The van der Waals surface area contributed by atoms with Gasteiger partial charge in [0.1, 0.15) is 28.7 Å². The second-order valence-electron chi connectivity index (χ2n) is 9.71. The molecule has 0 bridgehead atoms. The Morgan fingerprint density at radius 1 is 1.24 bits per heavy atom. The lowest BCUT2D eigenvalue weighted by atomic mass is 10.0. The van der Waals surface area contributed by atoms with Crippen LogP contribution in [0.5, 0.6) is 0 Å². The maximum Gasteiger partial charge on any atom is 0.323 e.